The molecule has 1 aromatic carbocycles. The molecule has 0 aliphatic carbocycles. The van der Waals surface area contributed by atoms with E-state index in [4.69, 9.17) is 0 Å². The fraction of sp³-hybridized carbons (Fsp3) is 0.364. The molecule has 1 N–H and O–H groups in total. The number of rotatable bonds is 5. The summed E-state index contributed by atoms with van der Waals surface area (Å²) < 4.78 is 0. The summed E-state index contributed by atoms with van der Waals surface area (Å²) in [7, 11) is 0. The number of nitro groups is 1. The SMILES string of the molecule is CC1=CC(C)(C)N(C(C)C)c2cc(C)c(/C=N/Nc3ncccc3[N+](=O)[O-])cc21. The second-order valence-electron chi connectivity index (χ2n) is 8.17. The number of nitrogens with one attached hydrogen (secondary N) is 1. The molecule has 2 heterocycles. The summed E-state index contributed by atoms with van der Waals surface area (Å²) in [6.45, 7) is 13.0. The average molecular weight is 393 g/mol. The Morgan fingerprint density at radius 1 is 1.31 bits per heavy atom. The second-order valence-corrected chi connectivity index (χ2v) is 8.17. The van der Waals surface area contributed by atoms with E-state index in [1.807, 2.05) is 6.92 Å². The van der Waals surface area contributed by atoms with E-state index in [0.29, 0.717) is 6.04 Å². The van der Waals surface area contributed by atoms with Gasteiger partial charge in [0, 0.05) is 29.6 Å². The van der Waals surface area contributed by atoms with Crippen LogP contribution in [0.15, 0.2) is 41.6 Å². The second kappa shape index (κ2) is 7.66. The Kier molecular flexibility index (Phi) is 5.42. The first-order valence-corrected chi connectivity index (χ1v) is 9.64. The molecule has 0 saturated carbocycles. The van der Waals surface area contributed by atoms with Crippen LogP contribution in [0.2, 0.25) is 0 Å². The maximum Gasteiger partial charge on any atom is 0.313 e. The van der Waals surface area contributed by atoms with Crippen molar-refractivity contribution in [2.45, 2.75) is 53.1 Å². The van der Waals surface area contributed by atoms with Crippen LogP contribution in [-0.4, -0.2) is 27.7 Å². The molecule has 7 nitrogen and oxygen atoms in total. The first-order valence-electron chi connectivity index (χ1n) is 9.64. The van der Waals surface area contributed by atoms with Gasteiger partial charge in [0.2, 0.25) is 5.82 Å². The van der Waals surface area contributed by atoms with Gasteiger partial charge in [-0.2, -0.15) is 5.10 Å². The normalized spacial score (nSPS) is 15.4. The van der Waals surface area contributed by atoms with Crippen molar-refractivity contribution < 1.29 is 4.92 Å². The van der Waals surface area contributed by atoms with Crippen LogP contribution < -0.4 is 10.3 Å². The molecule has 0 spiro atoms. The Labute approximate surface area is 171 Å². The van der Waals surface area contributed by atoms with Gasteiger partial charge in [-0.1, -0.05) is 6.08 Å². The van der Waals surface area contributed by atoms with Crippen LogP contribution in [0.1, 0.15) is 51.3 Å². The van der Waals surface area contributed by atoms with E-state index in [1.54, 1.807) is 6.21 Å². The molecule has 152 valence electrons. The van der Waals surface area contributed by atoms with Gasteiger partial charge < -0.3 is 4.90 Å². The number of aromatic nitrogens is 1. The van der Waals surface area contributed by atoms with Gasteiger partial charge in [-0.25, -0.2) is 4.98 Å². The number of hydrogen-bond donors (Lipinski definition) is 1. The first-order chi connectivity index (χ1) is 13.6. The number of hydrogen-bond acceptors (Lipinski definition) is 6. The predicted molar refractivity (Wildman–Crippen MR) is 119 cm³/mol. The zero-order valence-corrected chi connectivity index (χ0v) is 17.7. The van der Waals surface area contributed by atoms with Crippen molar-refractivity contribution >= 4 is 29.0 Å². The molecule has 1 aromatic heterocycles. The van der Waals surface area contributed by atoms with E-state index in [2.05, 4.69) is 73.2 Å². The molecular formula is C22H27N5O2. The van der Waals surface area contributed by atoms with Crippen molar-refractivity contribution in [3.63, 3.8) is 0 Å². The number of anilines is 2. The summed E-state index contributed by atoms with van der Waals surface area (Å²) in [6.07, 6.45) is 5.47. The number of hydrazone groups is 1. The Morgan fingerprint density at radius 2 is 2.03 bits per heavy atom. The van der Waals surface area contributed by atoms with Crippen LogP contribution in [-0.2, 0) is 0 Å². The number of aryl methyl sites for hydroxylation is 1. The maximum absolute atomic E-state index is 11.1. The van der Waals surface area contributed by atoms with Gasteiger partial charge in [-0.05, 0) is 76.4 Å². The monoisotopic (exact) mass is 393 g/mol. The molecule has 3 rings (SSSR count). The number of nitrogens with zero attached hydrogens (tertiary/aromatic N) is 4. The standard InChI is InChI=1S/C22H27N5O2/c1-14(2)26-20-10-15(3)17(11-18(20)16(4)12-22(26,5)6)13-24-25-21-19(27(28)29)8-7-9-23-21/h7-14H,1-6H3,(H,23,25)/b24-13+. The third-order valence-corrected chi connectivity index (χ3v) is 5.13. The minimum atomic E-state index is -0.481. The molecule has 2 aromatic rings. The van der Waals surface area contributed by atoms with Gasteiger partial charge in [-0.15, -0.1) is 0 Å². The molecule has 0 saturated heterocycles. The third kappa shape index (κ3) is 3.99. The summed E-state index contributed by atoms with van der Waals surface area (Å²) in [5.41, 5.74) is 8.17. The molecule has 0 unspecified atom stereocenters. The minimum Gasteiger partial charge on any atom is -0.360 e. The minimum absolute atomic E-state index is 0.0627. The smallest absolute Gasteiger partial charge is 0.313 e. The molecule has 29 heavy (non-hydrogen) atoms. The molecule has 1 aliphatic heterocycles. The van der Waals surface area contributed by atoms with Crippen molar-refractivity contribution in [3.05, 3.63) is 63.3 Å². The quantitative estimate of drug-likeness (QED) is 0.431. The van der Waals surface area contributed by atoms with E-state index in [9.17, 15) is 10.1 Å². The summed E-state index contributed by atoms with van der Waals surface area (Å²) in [5, 5.41) is 15.3. The highest BCUT2D eigenvalue weighted by Gasteiger charge is 2.33. The lowest BCUT2D eigenvalue weighted by atomic mass is 9.86. The van der Waals surface area contributed by atoms with Crippen molar-refractivity contribution in [3.8, 4) is 0 Å². The maximum atomic E-state index is 11.1. The summed E-state index contributed by atoms with van der Waals surface area (Å²) in [4.78, 5) is 17.1. The van der Waals surface area contributed by atoms with Gasteiger partial charge in [0.25, 0.3) is 0 Å². The first kappa shape index (κ1) is 20.5. The Hall–Kier alpha value is -3.22. The molecule has 0 atom stereocenters. The van der Waals surface area contributed by atoms with Gasteiger partial charge in [0.1, 0.15) is 0 Å². The van der Waals surface area contributed by atoms with E-state index < -0.39 is 4.92 Å². The average Bonchev–Trinajstić information content (AvgIpc) is 2.61. The van der Waals surface area contributed by atoms with Crippen LogP contribution in [0.3, 0.4) is 0 Å². The van der Waals surface area contributed by atoms with E-state index >= 15 is 0 Å². The third-order valence-electron chi connectivity index (χ3n) is 5.13. The summed E-state index contributed by atoms with van der Waals surface area (Å²) >= 11 is 0. The number of pyridine rings is 1. The van der Waals surface area contributed by atoms with Gasteiger partial charge in [-0.3, -0.25) is 15.5 Å². The molecular weight excluding hydrogens is 366 g/mol. The number of fused-ring (bicyclic) bond motifs is 1. The van der Waals surface area contributed by atoms with Crippen molar-refractivity contribution in [2.24, 2.45) is 5.10 Å². The Bertz CT molecular complexity index is 1010. The zero-order chi connectivity index (χ0) is 21.3. The molecule has 0 radical (unpaired) electrons. The van der Waals surface area contributed by atoms with Crippen molar-refractivity contribution in [1.82, 2.24) is 4.98 Å². The molecule has 7 heteroatoms. The molecule has 0 amide bonds. The molecule has 1 aliphatic rings. The van der Waals surface area contributed by atoms with Crippen molar-refractivity contribution in [1.29, 1.82) is 0 Å². The lowest BCUT2D eigenvalue weighted by molar-refractivity contribution is -0.384. The van der Waals surface area contributed by atoms with Crippen LogP contribution in [0, 0.1) is 17.0 Å². The van der Waals surface area contributed by atoms with Crippen molar-refractivity contribution in [2.75, 3.05) is 10.3 Å². The number of benzene rings is 1. The van der Waals surface area contributed by atoms with E-state index in [0.717, 1.165) is 11.1 Å². The number of allylic oxidation sites excluding steroid dienone is 1. The topological polar surface area (TPSA) is 83.7 Å². The summed E-state index contributed by atoms with van der Waals surface area (Å²) in [5.74, 6) is 0.119. The van der Waals surface area contributed by atoms with Gasteiger partial charge in [0.05, 0.1) is 16.7 Å². The van der Waals surface area contributed by atoms with E-state index in [-0.39, 0.29) is 17.0 Å². The van der Waals surface area contributed by atoms with Crippen LogP contribution >= 0.6 is 0 Å². The van der Waals surface area contributed by atoms with Gasteiger partial charge in [0.15, 0.2) is 0 Å². The zero-order valence-electron chi connectivity index (χ0n) is 17.7. The Balaban J connectivity index is 1.95. The summed E-state index contributed by atoms with van der Waals surface area (Å²) in [6, 6.07) is 7.60. The lowest BCUT2D eigenvalue weighted by Gasteiger charge is -2.46. The highest BCUT2D eigenvalue weighted by atomic mass is 16.6. The lowest BCUT2D eigenvalue weighted by Crippen LogP contribution is -2.49. The van der Waals surface area contributed by atoms with Crippen LogP contribution in [0.4, 0.5) is 17.2 Å². The molecule has 0 fully saturated rings. The van der Waals surface area contributed by atoms with Gasteiger partial charge >= 0.3 is 5.69 Å². The predicted octanol–water partition coefficient (Wildman–Crippen LogP) is 5.15. The van der Waals surface area contributed by atoms with Crippen LogP contribution in [0.5, 0.6) is 0 Å². The largest absolute Gasteiger partial charge is 0.360 e. The Morgan fingerprint density at radius 3 is 2.69 bits per heavy atom. The van der Waals surface area contributed by atoms with E-state index in [1.165, 1.54) is 35.2 Å². The fourth-order valence-electron chi connectivity index (χ4n) is 4.09. The fourth-order valence-corrected chi connectivity index (χ4v) is 4.09. The molecule has 0 bridgehead atoms. The highest BCUT2D eigenvalue weighted by Crippen LogP contribution is 2.41. The van der Waals surface area contributed by atoms with Crippen LogP contribution in [0.25, 0.3) is 5.57 Å². The highest BCUT2D eigenvalue weighted by molar-refractivity contribution is 5.89.